The largest absolute Gasteiger partial charge is 0.481 e. The minimum Gasteiger partial charge on any atom is -0.481 e. The van der Waals surface area contributed by atoms with Crippen molar-refractivity contribution in [2.24, 2.45) is 5.92 Å². The molecule has 2 N–H and O–H groups in total. The van der Waals surface area contributed by atoms with Crippen molar-refractivity contribution in [2.45, 2.75) is 32.7 Å². The highest BCUT2D eigenvalue weighted by atomic mass is 16.4. The number of likely N-dealkylation sites (tertiary alicyclic amines) is 1. The van der Waals surface area contributed by atoms with Gasteiger partial charge in [0.2, 0.25) is 0 Å². The second kappa shape index (κ2) is 7.11. The lowest BCUT2D eigenvalue weighted by Crippen LogP contribution is -2.38. The van der Waals surface area contributed by atoms with Crippen molar-refractivity contribution in [1.29, 1.82) is 0 Å². The third kappa shape index (κ3) is 4.77. The van der Waals surface area contributed by atoms with E-state index in [1.165, 1.54) is 5.56 Å². The maximum absolute atomic E-state index is 12.1. The number of amides is 2. The molecule has 114 valence electrons. The molecule has 0 radical (unpaired) electrons. The molecule has 0 spiro atoms. The monoisotopic (exact) mass is 290 g/mol. The molecule has 5 nitrogen and oxygen atoms in total. The van der Waals surface area contributed by atoms with Crippen LogP contribution in [0.5, 0.6) is 0 Å². The number of aliphatic carboxylic acids is 1. The van der Waals surface area contributed by atoms with Crippen molar-refractivity contribution in [3.05, 3.63) is 35.4 Å². The van der Waals surface area contributed by atoms with Gasteiger partial charge in [0, 0.05) is 26.1 Å². The third-order valence-electron chi connectivity index (χ3n) is 3.90. The Morgan fingerprint density at radius 3 is 2.71 bits per heavy atom. The van der Waals surface area contributed by atoms with Gasteiger partial charge in [-0.2, -0.15) is 0 Å². The highest BCUT2D eigenvalue weighted by molar-refractivity contribution is 5.74. The summed E-state index contributed by atoms with van der Waals surface area (Å²) in [6.07, 6.45) is 1.73. The number of hydrogen-bond acceptors (Lipinski definition) is 2. The van der Waals surface area contributed by atoms with E-state index < -0.39 is 5.97 Å². The minimum atomic E-state index is -0.766. The van der Waals surface area contributed by atoms with Gasteiger partial charge in [0.05, 0.1) is 0 Å². The summed E-state index contributed by atoms with van der Waals surface area (Å²) in [6.45, 7) is 3.93. The molecule has 1 fully saturated rings. The first-order valence-electron chi connectivity index (χ1n) is 7.34. The van der Waals surface area contributed by atoms with E-state index >= 15 is 0 Å². The van der Waals surface area contributed by atoms with Crippen molar-refractivity contribution >= 4 is 12.0 Å². The molecule has 1 aliphatic heterocycles. The molecule has 1 saturated heterocycles. The molecule has 1 atom stereocenters. The number of urea groups is 1. The zero-order valence-electron chi connectivity index (χ0n) is 12.3. The fourth-order valence-electron chi connectivity index (χ4n) is 2.58. The van der Waals surface area contributed by atoms with Gasteiger partial charge >= 0.3 is 12.0 Å². The Kier molecular flexibility index (Phi) is 5.20. The van der Waals surface area contributed by atoms with Crippen LogP contribution in [0.25, 0.3) is 0 Å². The van der Waals surface area contributed by atoms with Crippen molar-refractivity contribution in [3.8, 4) is 0 Å². The van der Waals surface area contributed by atoms with Gasteiger partial charge < -0.3 is 15.3 Å². The number of rotatable bonds is 5. The van der Waals surface area contributed by atoms with Gasteiger partial charge in [0.1, 0.15) is 0 Å². The van der Waals surface area contributed by atoms with E-state index in [2.05, 4.69) is 5.32 Å². The smallest absolute Gasteiger partial charge is 0.317 e. The number of carbonyl (C=O) groups is 2. The number of carbonyl (C=O) groups excluding carboxylic acids is 1. The predicted octanol–water partition coefficient (Wildman–Crippen LogP) is 2.39. The van der Waals surface area contributed by atoms with Crippen molar-refractivity contribution < 1.29 is 14.7 Å². The molecule has 5 heteroatoms. The van der Waals surface area contributed by atoms with E-state index in [4.69, 9.17) is 5.11 Å². The van der Waals surface area contributed by atoms with Gasteiger partial charge in [0.15, 0.2) is 0 Å². The fourth-order valence-corrected chi connectivity index (χ4v) is 2.58. The van der Waals surface area contributed by atoms with Gasteiger partial charge in [-0.25, -0.2) is 4.79 Å². The van der Waals surface area contributed by atoms with Crippen LogP contribution in [-0.2, 0) is 11.3 Å². The normalized spacial score (nSPS) is 17.8. The molecule has 21 heavy (non-hydrogen) atoms. The molecule has 0 bridgehead atoms. The molecular weight excluding hydrogens is 268 g/mol. The van der Waals surface area contributed by atoms with Crippen molar-refractivity contribution in [3.63, 3.8) is 0 Å². The Balaban J connectivity index is 1.74. The Labute approximate surface area is 125 Å². The van der Waals surface area contributed by atoms with Crippen LogP contribution in [0.3, 0.4) is 0 Å². The molecule has 1 aromatic carbocycles. The van der Waals surface area contributed by atoms with Crippen LogP contribution in [0.2, 0.25) is 0 Å². The van der Waals surface area contributed by atoms with Crippen molar-refractivity contribution in [2.75, 3.05) is 13.1 Å². The van der Waals surface area contributed by atoms with Crippen LogP contribution in [0.1, 0.15) is 30.4 Å². The standard InChI is InChI=1S/C16H22N2O3/c1-12-2-4-13(5-3-12)10-17-16(21)18-9-8-14(11-18)6-7-15(19)20/h2-5,14H,6-11H2,1H3,(H,17,21)(H,19,20). The van der Waals surface area contributed by atoms with Gasteiger partial charge in [-0.1, -0.05) is 29.8 Å². The summed E-state index contributed by atoms with van der Waals surface area (Å²) < 4.78 is 0. The number of nitrogens with one attached hydrogen (secondary N) is 1. The van der Waals surface area contributed by atoms with Gasteiger partial charge in [0.25, 0.3) is 0 Å². The van der Waals surface area contributed by atoms with E-state index in [9.17, 15) is 9.59 Å². The van der Waals surface area contributed by atoms with E-state index in [0.717, 1.165) is 12.0 Å². The van der Waals surface area contributed by atoms with E-state index in [1.54, 1.807) is 4.90 Å². The Morgan fingerprint density at radius 2 is 2.05 bits per heavy atom. The fraction of sp³-hybridized carbons (Fsp3) is 0.500. The van der Waals surface area contributed by atoms with Crippen molar-refractivity contribution in [1.82, 2.24) is 10.2 Å². The number of aryl methyl sites for hydroxylation is 1. The molecule has 0 aliphatic carbocycles. The summed E-state index contributed by atoms with van der Waals surface area (Å²) in [5.41, 5.74) is 2.28. The van der Waals surface area contributed by atoms with Crippen LogP contribution in [0, 0.1) is 12.8 Å². The number of nitrogens with zero attached hydrogens (tertiary/aromatic N) is 1. The second-order valence-corrected chi connectivity index (χ2v) is 5.68. The topological polar surface area (TPSA) is 69.6 Å². The lowest BCUT2D eigenvalue weighted by atomic mass is 10.0. The summed E-state index contributed by atoms with van der Waals surface area (Å²) >= 11 is 0. The summed E-state index contributed by atoms with van der Waals surface area (Å²) in [6, 6.07) is 8.01. The van der Waals surface area contributed by atoms with Crippen LogP contribution in [-0.4, -0.2) is 35.1 Å². The molecule has 0 saturated carbocycles. The Bertz CT molecular complexity index is 499. The Morgan fingerprint density at radius 1 is 1.33 bits per heavy atom. The highest BCUT2D eigenvalue weighted by Crippen LogP contribution is 2.21. The molecule has 1 aliphatic rings. The van der Waals surface area contributed by atoms with Crippen LogP contribution in [0.15, 0.2) is 24.3 Å². The lowest BCUT2D eigenvalue weighted by Gasteiger charge is -2.17. The predicted molar refractivity (Wildman–Crippen MR) is 80.0 cm³/mol. The summed E-state index contributed by atoms with van der Waals surface area (Å²) in [4.78, 5) is 24.4. The minimum absolute atomic E-state index is 0.0617. The summed E-state index contributed by atoms with van der Waals surface area (Å²) in [5, 5.41) is 11.6. The average Bonchev–Trinajstić information content (AvgIpc) is 2.93. The van der Waals surface area contributed by atoms with Gasteiger partial charge in [-0.15, -0.1) is 0 Å². The zero-order valence-corrected chi connectivity index (χ0v) is 12.3. The first-order chi connectivity index (χ1) is 10.0. The molecule has 1 aromatic rings. The van der Waals surface area contributed by atoms with E-state index in [0.29, 0.717) is 32.0 Å². The number of benzene rings is 1. The first-order valence-corrected chi connectivity index (χ1v) is 7.34. The van der Waals surface area contributed by atoms with E-state index in [-0.39, 0.29) is 12.5 Å². The summed E-state index contributed by atoms with van der Waals surface area (Å²) in [5.74, 6) is -0.455. The molecule has 1 heterocycles. The maximum atomic E-state index is 12.1. The molecule has 1 unspecified atom stereocenters. The summed E-state index contributed by atoms with van der Waals surface area (Å²) in [7, 11) is 0. The highest BCUT2D eigenvalue weighted by Gasteiger charge is 2.26. The quantitative estimate of drug-likeness (QED) is 0.874. The van der Waals surface area contributed by atoms with Crippen LogP contribution < -0.4 is 5.32 Å². The SMILES string of the molecule is Cc1ccc(CNC(=O)N2CCC(CCC(=O)O)C2)cc1. The molecule has 2 amide bonds. The van der Waals surface area contributed by atoms with Crippen LogP contribution >= 0.6 is 0 Å². The Hall–Kier alpha value is -2.04. The first kappa shape index (κ1) is 15.4. The average molecular weight is 290 g/mol. The molecule has 2 rings (SSSR count). The number of hydrogen-bond donors (Lipinski definition) is 2. The number of carboxylic acids is 1. The maximum Gasteiger partial charge on any atom is 0.317 e. The number of carboxylic acid groups (broad SMARTS) is 1. The van der Waals surface area contributed by atoms with E-state index in [1.807, 2.05) is 31.2 Å². The molecular formula is C16H22N2O3. The molecule has 0 aromatic heterocycles. The zero-order chi connectivity index (χ0) is 15.2. The lowest BCUT2D eigenvalue weighted by molar-refractivity contribution is -0.137. The van der Waals surface area contributed by atoms with Gasteiger partial charge in [-0.3, -0.25) is 4.79 Å². The van der Waals surface area contributed by atoms with Gasteiger partial charge in [-0.05, 0) is 31.2 Å². The van der Waals surface area contributed by atoms with Crippen LogP contribution in [0.4, 0.5) is 4.79 Å². The second-order valence-electron chi connectivity index (χ2n) is 5.68. The third-order valence-corrected chi connectivity index (χ3v) is 3.90.